The van der Waals surface area contributed by atoms with Gasteiger partial charge in [-0.3, -0.25) is 10.1 Å². The molecule has 6 heteroatoms. The summed E-state index contributed by atoms with van der Waals surface area (Å²) in [6.45, 7) is 7.46. The molecule has 2 rings (SSSR count). The molecule has 1 atom stereocenters. The Kier molecular flexibility index (Phi) is 6.58. The van der Waals surface area contributed by atoms with E-state index in [-0.39, 0.29) is 5.91 Å². The first-order valence-corrected chi connectivity index (χ1v) is 8.79. The van der Waals surface area contributed by atoms with E-state index in [1.165, 1.54) is 0 Å². The van der Waals surface area contributed by atoms with Gasteiger partial charge in [-0.1, -0.05) is 24.3 Å². The van der Waals surface area contributed by atoms with Crippen LogP contribution in [0.3, 0.4) is 0 Å². The number of anilines is 1. The van der Waals surface area contributed by atoms with E-state index in [0.717, 1.165) is 11.1 Å². The maximum Gasteiger partial charge on any atom is 0.412 e. The summed E-state index contributed by atoms with van der Waals surface area (Å²) in [5.74, 6) is -0.210. The number of amides is 2. The average Bonchev–Trinajstić information content (AvgIpc) is 2.59. The first kappa shape index (κ1) is 20.5. The number of nitrogens with one attached hydrogen (secondary N) is 2. The Labute approximate surface area is 159 Å². The number of aliphatic hydroxyl groups is 1. The zero-order valence-electron chi connectivity index (χ0n) is 16.1. The lowest BCUT2D eigenvalue weighted by Gasteiger charge is -2.19. The predicted octanol–water partition coefficient (Wildman–Crippen LogP) is 4.02. The molecule has 0 bridgehead atoms. The highest BCUT2D eigenvalue weighted by Gasteiger charge is 2.16. The van der Waals surface area contributed by atoms with Crippen molar-refractivity contribution in [3.05, 3.63) is 65.2 Å². The summed E-state index contributed by atoms with van der Waals surface area (Å²) in [5, 5.41) is 15.0. The number of carbonyl (C=O) groups excluding carboxylic acids is 2. The van der Waals surface area contributed by atoms with Gasteiger partial charge in [0, 0.05) is 17.8 Å². The molecule has 2 amide bonds. The van der Waals surface area contributed by atoms with E-state index in [0.29, 0.717) is 17.8 Å². The largest absolute Gasteiger partial charge is 0.444 e. The second-order valence-corrected chi connectivity index (χ2v) is 7.30. The minimum atomic E-state index is -0.572. The first-order valence-electron chi connectivity index (χ1n) is 8.79. The number of benzene rings is 2. The Balaban J connectivity index is 1.88. The molecule has 2 aromatic carbocycles. The van der Waals surface area contributed by atoms with Gasteiger partial charge in [-0.15, -0.1) is 0 Å². The van der Waals surface area contributed by atoms with Gasteiger partial charge in [-0.2, -0.15) is 0 Å². The molecule has 2 aromatic rings. The maximum atomic E-state index is 12.3. The van der Waals surface area contributed by atoms with Crippen LogP contribution in [0.25, 0.3) is 0 Å². The lowest BCUT2D eigenvalue weighted by atomic mass is 10.1. The molecule has 0 fully saturated rings. The second kappa shape index (κ2) is 8.68. The van der Waals surface area contributed by atoms with Crippen molar-refractivity contribution < 1.29 is 19.4 Å². The van der Waals surface area contributed by atoms with Crippen LogP contribution in [-0.2, 0) is 11.3 Å². The fraction of sp³-hybridized carbons (Fsp3) is 0.333. The Morgan fingerprint density at radius 1 is 1.04 bits per heavy atom. The van der Waals surface area contributed by atoms with Crippen LogP contribution in [0.5, 0.6) is 0 Å². The third-order valence-corrected chi connectivity index (χ3v) is 3.71. The van der Waals surface area contributed by atoms with Crippen LogP contribution in [0.4, 0.5) is 10.5 Å². The fourth-order valence-electron chi connectivity index (χ4n) is 2.32. The SMILES string of the molecule is C[C@H](O)c1ccc(CNC(=O)c2ccc(NC(=O)OC(C)(C)C)cc2)cc1. The van der Waals surface area contributed by atoms with E-state index in [1.54, 1.807) is 52.0 Å². The summed E-state index contributed by atoms with van der Waals surface area (Å²) < 4.78 is 5.18. The van der Waals surface area contributed by atoms with E-state index in [9.17, 15) is 14.7 Å². The topological polar surface area (TPSA) is 87.7 Å². The molecular weight excluding hydrogens is 344 g/mol. The minimum absolute atomic E-state index is 0.210. The zero-order valence-corrected chi connectivity index (χ0v) is 16.1. The summed E-state index contributed by atoms with van der Waals surface area (Å²) in [6.07, 6.45) is -1.05. The van der Waals surface area contributed by atoms with Crippen LogP contribution in [-0.4, -0.2) is 22.7 Å². The molecule has 27 heavy (non-hydrogen) atoms. The molecule has 0 aliphatic rings. The summed E-state index contributed by atoms with van der Waals surface area (Å²) in [4.78, 5) is 24.0. The maximum absolute atomic E-state index is 12.3. The number of carbonyl (C=O) groups is 2. The van der Waals surface area contributed by atoms with Gasteiger partial charge in [0.2, 0.25) is 0 Å². The van der Waals surface area contributed by atoms with Crippen molar-refractivity contribution in [3.8, 4) is 0 Å². The van der Waals surface area contributed by atoms with E-state index in [2.05, 4.69) is 10.6 Å². The van der Waals surface area contributed by atoms with Crippen molar-refractivity contribution in [2.45, 2.75) is 45.9 Å². The smallest absolute Gasteiger partial charge is 0.412 e. The molecule has 0 unspecified atom stereocenters. The highest BCUT2D eigenvalue weighted by molar-refractivity contribution is 5.95. The van der Waals surface area contributed by atoms with Gasteiger partial charge in [0.25, 0.3) is 5.91 Å². The molecule has 0 aromatic heterocycles. The van der Waals surface area contributed by atoms with Crippen LogP contribution in [0.2, 0.25) is 0 Å². The molecule has 144 valence electrons. The van der Waals surface area contributed by atoms with Gasteiger partial charge in [0.1, 0.15) is 5.60 Å². The summed E-state index contributed by atoms with van der Waals surface area (Å²) in [7, 11) is 0. The second-order valence-electron chi connectivity index (χ2n) is 7.30. The highest BCUT2D eigenvalue weighted by atomic mass is 16.6. The fourth-order valence-corrected chi connectivity index (χ4v) is 2.32. The molecule has 0 saturated heterocycles. The van der Waals surface area contributed by atoms with Gasteiger partial charge in [0.05, 0.1) is 6.10 Å². The quantitative estimate of drug-likeness (QED) is 0.742. The van der Waals surface area contributed by atoms with Crippen LogP contribution in [0, 0.1) is 0 Å². The van der Waals surface area contributed by atoms with Gasteiger partial charge in [0.15, 0.2) is 0 Å². The van der Waals surface area contributed by atoms with E-state index < -0.39 is 17.8 Å². The highest BCUT2D eigenvalue weighted by Crippen LogP contribution is 2.14. The lowest BCUT2D eigenvalue weighted by molar-refractivity contribution is 0.0635. The molecule has 6 nitrogen and oxygen atoms in total. The third-order valence-electron chi connectivity index (χ3n) is 3.71. The van der Waals surface area contributed by atoms with Crippen LogP contribution >= 0.6 is 0 Å². The lowest BCUT2D eigenvalue weighted by Crippen LogP contribution is -2.27. The van der Waals surface area contributed by atoms with Crippen molar-refractivity contribution in [1.82, 2.24) is 5.32 Å². The average molecular weight is 370 g/mol. The Morgan fingerprint density at radius 2 is 1.63 bits per heavy atom. The van der Waals surface area contributed by atoms with Crippen molar-refractivity contribution in [1.29, 1.82) is 0 Å². The van der Waals surface area contributed by atoms with Crippen LogP contribution in [0.15, 0.2) is 48.5 Å². The van der Waals surface area contributed by atoms with Gasteiger partial charge in [-0.05, 0) is 63.1 Å². The van der Waals surface area contributed by atoms with Gasteiger partial charge < -0.3 is 15.2 Å². The van der Waals surface area contributed by atoms with Crippen molar-refractivity contribution >= 4 is 17.7 Å². The molecule has 0 spiro atoms. The normalized spacial score (nSPS) is 12.2. The first-order chi connectivity index (χ1) is 12.6. The Morgan fingerprint density at radius 3 is 2.15 bits per heavy atom. The number of ether oxygens (including phenoxy) is 1. The van der Waals surface area contributed by atoms with Crippen LogP contribution in [0.1, 0.15) is 55.3 Å². The number of aliphatic hydroxyl groups excluding tert-OH is 1. The van der Waals surface area contributed by atoms with E-state index >= 15 is 0 Å². The number of rotatable bonds is 5. The standard InChI is InChI=1S/C21H26N2O4/c1-14(24)16-7-5-15(6-8-16)13-22-19(25)17-9-11-18(12-10-17)23-20(26)27-21(2,3)4/h5-12,14,24H,13H2,1-4H3,(H,22,25)(H,23,26)/t14-/m0/s1. The molecule has 0 heterocycles. The van der Waals surface area contributed by atoms with Crippen molar-refractivity contribution in [3.63, 3.8) is 0 Å². The molecule has 0 saturated carbocycles. The summed E-state index contributed by atoms with van der Waals surface area (Å²) in [6, 6.07) is 14.0. The molecule has 0 aliphatic heterocycles. The van der Waals surface area contributed by atoms with Gasteiger partial charge in [-0.25, -0.2) is 4.79 Å². The van der Waals surface area contributed by atoms with E-state index in [4.69, 9.17) is 4.74 Å². The third kappa shape index (κ3) is 6.75. The predicted molar refractivity (Wildman–Crippen MR) is 105 cm³/mol. The monoisotopic (exact) mass is 370 g/mol. The molecule has 3 N–H and O–H groups in total. The molecule has 0 aliphatic carbocycles. The zero-order chi connectivity index (χ0) is 20.0. The Hall–Kier alpha value is -2.86. The van der Waals surface area contributed by atoms with Gasteiger partial charge >= 0.3 is 6.09 Å². The Bertz CT molecular complexity index is 775. The number of hydrogen-bond acceptors (Lipinski definition) is 4. The van der Waals surface area contributed by atoms with Crippen molar-refractivity contribution in [2.75, 3.05) is 5.32 Å². The summed E-state index contributed by atoms with van der Waals surface area (Å²) in [5.41, 5.74) is 2.24. The van der Waals surface area contributed by atoms with Crippen LogP contribution < -0.4 is 10.6 Å². The molecule has 0 radical (unpaired) electrons. The minimum Gasteiger partial charge on any atom is -0.444 e. The van der Waals surface area contributed by atoms with E-state index in [1.807, 2.05) is 24.3 Å². The summed E-state index contributed by atoms with van der Waals surface area (Å²) >= 11 is 0. The van der Waals surface area contributed by atoms with Crippen molar-refractivity contribution in [2.24, 2.45) is 0 Å². The molecular formula is C21H26N2O4. The number of hydrogen-bond donors (Lipinski definition) is 3.